The number of furan rings is 1. The third-order valence-electron chi connectivity index (χ3n) is 2.99. The first-order chi connectivity index (χ1) is 10.7. The molecule has 1 aliphatic rings. The van der Waals surface area contributed by atoms with Crippen LogP contribution in [0.3, 0.4) is 0 Å². The molecule has 0 aromatic carbocycles. The largest absolute Gasteiger partial charge is 0.467 e. The molecule has 0 aliphatic carbocycles. The summed E-state index contributed by atoms with van der Waals surface area (Å²) in [6, 6.07) is 1.51. The van der Waals surface area contributed by atoms with Crippen LogP contribution in [0.5, 0.6) is 0 Å². The molecule has 8 nitrogen and oxygen atoms in total. The summed E-state index contributed by atoms with van der Waals surface area (Å²) in [7, 11) is 0. The highest BCUT2D eigenvalue weighted by atomic mass is 19.4. The lowest BCUT2D eigenvalue weighted by Crippen LogP contribution is -2.69. The molecule has 0 radical (unpaired) electrons. The second kappa shape index (κ2) is 5.82. The van der Waals surface area contributed by atoms with Crippen molar-refractivity contribution in [2.45, 2.75) is 25.3 Å². The topological polar surface area (TPSA) is 101 Å². The Balaban J connectivity index is 2.31. The van der Waals surface area contributed by atoms with Crippen LogP contribution < -0.4 is 10.6 Å². The van der Waals surface area contributed by atoms with E-state index in [2.05, 4.69) is 4.74 Å². The molecule has 0 saturated carbocycles. The first kappa shape index (κ1) is 16.6. The normalized spacial score (nSPS) is 21.3. The number of hydrogen-bond acceptors (Lipinski definition) is 5. The Hall–Kier alpha value is -2.72. The zero-order valence-corrected chi connectivity index (χ0v) is 11.8. The Morgan fingerprint density at radius 1 is 1.48 bits per heavy atom. The highest BCUT2D eigenvalue weighted by molar-refractivity contribution is 6.08. The number of urea groups is 1. The Bertz CT molecular complexity index is 616. The molecule has 11 heteroatoms. The maximum atomic E-state index is 13.3. The van der Waals surface area contributed by atoms with Crippen LogP contribution in [0.1, 0.15) is 12.7 Å². The van der Waals surface area contributed by atoms with Crippen molar-refractivity contribution in [2.75, 3.05) is 6.61 Å². The van der Waals surface area contributed by atoms with Gasteiger partial charge in [0.2, 0.25) is 0 Å². The van der Waals surface area contributed by atoms with Gasteiger partial charge in [-0.15, -0.1) is 0 Å². The third kappa shape index (κ3) is 2.94. The van der Waals surface area contributed by atoms with Gasteiger partial charge in [-0.1, -0.05) is 0 Å². The van der Waals surface area contributed by atoms with E-state index in [1.807, 2.05) is 0 Å². The summed E-state index contributed by atoms with van der Waals surface area (Å²) in [5.41, 5.74) is -3.58. The summed E-state index contributed by atoms with van der Waals surface area (Å²) in [6.07, 6.45) is -5.52. The number of carbonyl (C=O) groups is 3. The second-order valence-corrected chi connectivity index (χ2v) is 4.49. The number of halogens is 3. The van der Waals surface area contributed by atoms with Crippen molar-refractivity contribution >= 4 is 18.0 Å². The zero-order chi connectivity index (χ0) is 17.3. The molecule has 2 rings (SSSR count). The lowest BCUT2D eigenvalue weighted by atomic mass is 10.1. The predicted molar refractivity (Wildman–Crippen MR) is 66.7 cm³/mol. The Morgan fingerprint density at radius 3 is 2.70 bits per heavy atom. The number of hydrogen-bond donors (Lipinski definition) is 2. The molecule has 0 bridgehead atoms. The van der Waals surface area contributed by atoms with Gasteiger partial charge >= 0.3 is 18.3 Å². The van der Waals surface area contributed by atoms with E-state index in [1.54, 1.807) is 0 Å². The SMILES string of the molecule is CCOC(=O)N[C@@]1(C(F)(F)F)NC(=O)N(Cc2ccco2)C1=O. The number of imide groups is 1. The number of amides is 4. The summed E-state index contributed by atoms with van der Waals surface area (Å²) >= 11 is 0. The van der Waals surface area contributed by atoms with E-state index in [9.17, 15) is 27.6 Å². The van der Waals surface area contributed by atoms with Crippen LogP contribution in [-0.2, 0) is 16.1 Å². The maximum absolute atomic E-state index is 13.3. The van der Waals surface area contributed by atoms with Crippen LogP contribution in [0.2, 0.25) is 0 Å². The molecular formula is C12H12F3N3O5. The van der Waals surface area contributed by atoms with E-state index in [0.717, 1.165) is 0 Å². The van der Waals surface area contributed by atoms with Gasteiger partial charge in [0, 0.05) is 0 Å². The van der Waals surface area contributed by atoms with Gasteiger partial charge in [-0.3, -0.25) is 20.3 Å². The van der Waals surface area contributed by atoms with Crippen molar-refractivity contribution in [1.29, 1.82) is 0 Å². The summed E-state index contributed by atoms with van der Waals surface area (Å²) in [5, 5.41) is 2.85. The summed E-state index contributed by atoms with van der Waals surface area (Å²) in [6.45, 7) is 0.649. The molecule has 2 N–H and O–H groups in total. The number of nitrogens with zero attached hydrogens (tertiary/aromatic N) is 1. The summed E-state index contributed by atoms with van der Waals surface area (Å²) < 4.78 is 49.3. The second-order valence-electron chi connectivity index (χ2n) is 4.49. The van der Waals surface area contributed by atoms with Crippen LogP contribution in [0, 0.1) is 0 Å². The van der Waals surface area contributed by atoms with Crippen molar-refractivity contribution in [3.05, 3.63) is 24.2 Å². The van der Waals surface area contributed by atoms with Crippen molar-refractivity contribution < 1.29 is 36.7 Å². The van der Waals surface area contributed by atoms with Crippen molar-refractivity contribution in [3.63, 3.8) is 0 Å². The van der Waals surface area contributed by atoms with E-state index in [0.29, 0.717) is 4.90 Å². The molecule has 1 aliphatic heterocycles. The van der Waals surface area contributed by atoms with E-state index in [1.165, 1.54) is 36.0 Å². The summed E-state index contributed by atoms with van der Waals surface area (Å²) in [5.74, 6) is -1.58. The Morgan fingerprint density at radius 2 is 2.17 bits per heavy atom. The minimum atomic E-state index is -5.27. The van der Waals surface area contributed by atoms with Gasteiger partial charge in [0.15, 0.2) is 0 Å². The molecule has 126 valence electrons. The number of ether oxygens (including phenoxy) is 1. The molecule has 1 atom stereocenters. The highest BCUT2D eigenvalue weighted by Gasteiger charge is 2.69. The molecule has 0 unspecified atom stereocenters. The lowest BCUT2D eigenvalue weighted by Gasteiger charge is -2.29. The molecule has 23 heavy (non-hydrogen) atoms. The van der Waals surface area contributed by atoms with Gasteiger partial charge in [-0.05, 0) is 19.1 Å². The van der Waals surface area contributed by atoms with Crippen LogP contribution in [0.25, 0.3) is 0 Å². The standard InChI is InChI=1S/C12H12F3N3O5/c1-2-22-10(21)17-11(12(13,14)15)8(19)18(9(20)16-11)6-7-4-3-5-23-7/h3-5H,2,6H2,1H3,(H,16,20)(H,17,21)/t11-/m0/s1. The van der Waals surface area contributed by atoms with Crippen LogP contribution >= 0.6 is 0 Å². The average Bonchev–Trinajstić information content (AvgIpc) is 3.02. The van der Waals surface area contributed by atoms with Crippen LogP contribution in [0.4, 0.5) is 22.8 Å². The fraction of sp³-hybridized carbons (Fsp3) is 0.417. The van der Waals surface area contributed by atoms with Crippen molar-refractivity contribution in [3.8, 4) is 0 Å². The maximum Gasteiger partial charge on any atom is 0.440 e. The first-order valence-electron chi connectivity index (χ1n) is 6.39. The minimum Gasteiger partial charge on any atom is -0.467 e. The molecular weight excluding hydrogens is 323 g/mol. The minimum absolute atomic E-state index is 0.0996. The Labute approximate surface area is 127 Å². The number of alkyl carbamates (subject to hydrolysis) is 1. The number of nitrogens with one attached hydrogen (secondary N) is 2. The van der Waals surface area contributed by atoms with E-state index >= 15 is 0 Å². The average molecular weight is 335 g/mol. The monoisotopic (exact) mass is 335 g/mol. The first-order valence-corrected chi connectivity index (χ1v) is 6.39. The van der Waals surface area contributed by atoms with Gasteiger partial charge < -0.3 is 9.15 Å². The van der Waals surface area contributed by atoms with Crippen molar-refractivity contribution in [2.24, 2.45) is 0 Å². The molecule has 1 aromatic rings. The molecule has 1 saturated heterocycles. The van der Waals surface area contributed by atoms with Gasteiger partial charge in [0.05, 0.1) is 19.4 Å². The molecule has 2 heterocycles. The summed E-state index contributed by atoms with van der Waals surface area (Å²) in [4.78, 5) is 35.6. The fourth-order valence-corrected chi connectivity index (χ4v) is 1.95. The fourth-order valence-electron chi connectivity index (χ4n) is 1.95. The quantitative estimate of drug-likeness (QED) is 0.809. The predicted octanol–water partition coefficient (Wildman–Crippen LogP) is 1.34. The van der Waals surface area contributed by atoms with Crippen molar-refractivity contribution in [1.82, 2.24) is 15.5 Å². The third-order valence-corrected chi connectivity index (χ3v) is 2.99. The lowest BCUT2D eigenvalue weighted by molar-refractivity contribution is -0.201. The van der Waals surface area contributed by atoms with E-state index in [-0.39, 0.29) is 12.4 Å². The van der Waals surface area contributed by atoms with E-state index < -0.39 is 36.4 Å². The number of carbonyl (C=O) groups excluding carboxylic acids is 3. The van der Waals surface area contributed by atoms with Gasteiger partial charge in [-0.25, -0.2) is 9.59 Å². The van der Waals surface area contributed by atoms with Gasteiger partial charge in [0.25, 0.3) is 11.6 Å². The molecule has 1 fully saturated rings. The molecule has 1 aromatic heterocycles. The van der Waals surface area contributed by atoms with Crippen LogP contribution in [-0.4, -0.2) is 41.4 Å². The number of rotatable bonds is 4. The van der Waals surface area contributed by atoms with Gasteiger partial charge in [0.1, 0.15) is 5.76 Å². The molecule has 0 spiro atoms. The van der Waals surface area contributed by atoms with Gasteiger partial charge in [-0.2, -0.15) is 13.2 Å². The van der Waals surface area contributed by atoms with Crippen LogP contribution in [0.15, 0.2) is 22.8 Å². The zero-order valence-electron chi connectivity index (χ0n) is 11.8. The molecule has 4 amide bonds. The van der Waals surface area contributed by atoms with E-state index in [4.69, 9.17) is 4.42 Å². The Kier molecular flexibility index (Phi) is 4.21. The number of alkyl halides is 3. The highest BCUT2D eigenvalue weighted by Crippen LogP contribution is 2.34. The smallest absolute Gasteiger partial charge is 0.440 e.